The number of nitrogens with zero attached hydrogens (tertiary/aromatic N) is 1. The largest absolute Gasteiger partial charge is 0.495 e. The first-order valence-electron chi connectivity index (χ1n) is 10.1. The van der Waals surface area contributed by atoms with Gasteiger partial charge in [0.25, 0.3) is 5.91 Å². The van der Waals surface area contributed by atoms with Crippen LogP contribution in [0, 0.1) is 6.57 Å². The van der Waals surface area contributed by atoms with Crippen LogP contribution >= 0.6 is 35.0 Å². The molecule has 0 saturated carbocycles. The molecule has 1 heterocycles. The number of hydrogen-bond donors (Lipinski definition) is 2. The Balaban J connectivity index is 2.09. The summed E-state index contributed by atoms with van der Waals surface area (Å²) in [6.07, 6.45) is 0.359. The summed E-state index contributed by atoms with van der Waals surface area (Å²) in [5.74, 6) is -0.113. The molecule has 0 spiro atoms. The Morgan fingerprint density at radius 1 is 1.30 bits per heavy atom. The molecule has 0 saturated heterocycles. The molecule has 172 valence electrons. The monoisotopic (exact) mass is 505 g/mol. The van der Waals surface area contributed by atoms with Crippen molar-refractivity contribution in [2.75, 3.05) is 24.9 Å². The van der Waals surface area contributed by atoms with Gasteiger partial charge in [-0.2, -0.15) is 0 Å². The zero-order chi connectivity index (χ0) is 24.0. The Labute approximate surface area is 206 Å². The van der Waals surface area contributed by atoms with E-state index in [-0.39, 0.29) is 0 Å². The van der Waals surface area contributed by atoms with E-state index in [1.165, 1.54) is 18.9 Å². The smallest absolute Gasteiger partial charge is 0.253 e. The average molecular weight is 506 g/mol. The topological polar surface area (TPSA) is 54.7 Å². The molecule has 1 unspecified atom stereocenters. The molecular weight excluding hydrogens is 484 g/mol. The number of nitrogens with one attached hydrogen (secondary N) is 2. The summed E-state index contributed by atoms with van der Waals surface area (Å²) in [7, 11) is 1.52. The zero-order valence-corrected chi connectivity index (χ0v) is 20.4. The number of ether oxygens (including phenoxy) is 1. The number of methoxy groups -OCH3 is 1. The molecule has 33 heavy (non-hydrogen) atoms. The summed E-state index contributed by atoms with van der Waals surface area (Å²) >= 11 is 14.0. The normalized spacial score (nSPS) is 15.7. The minimum atomic E-state index is -0.726. The van der Waals surface area contributed by atoms with E-state index >= 15 is 0 Å². The zero-order valence-electron chi connectivity index (χ0n) is 18.0. The van der Waals surface area contributed by atoms with Crippen LogP contribution in [0.5, 0.6) is 5.75 Å². The molecule has 2 N–H and O–H groups in total. The number of carbonyl (C=O) groups excluding carboxylic acids is 1. The molecule has 0 aromatic heterocycles. The summed E-state index contributed by atoms with van der Waals surface area (Å²) in [5.41, 5.74) is 2.34. The van der Waals surface area contributed by atoms with Crippen molar-refractivity contribution >= 4 is 46.6 Å². The minimum absolute atomic E-state index is 0.318. The van der Waals surface area contributed by atoms with E-state index in [2.05, 4.69) is 15.5 Å². The summed E-state index contributed by atoms with van der Waals surface area (Å²) in [6, 6.07) is 12.1. The maximum absolute atomic E-state index is 13.5. The van der Waals surface area contributed by atoms with Gasteiger partial charge in [-0.05, 0) is 43.2 Å². The van der Waals surface area contributed by atoms with Crippen LogP contribution in [0.25, 0.3) is 4.85 Å². The molecule has 1 aliphatic rings. The number of allylic oxidation sites excluding steroid dienone is 2. The van der Waals surface area contributed by atoms with Crippen molar-refractivity contribution in [1.29, 1.82) is 0 Å². The predicted octanol–water partition coefficient (Wildman–Crippen LogP) is 6.78. The molecule has 2 aromatic rings. The number of para-hydroxylation sites is 2. The molecule has 1 aliphatic heterocycles. The molecule has 1 amide bonds. The van der Waals surface area contributed by atoms with E-state index in [1.54, 1.807) is 49.4 Å². The third kappa shape index (κ3) is 5.64. The molecule has 0 bridgehead atoms. The van der Waals surface area contributed by atoms with E-state index in [0.29, 0.717) is 61.2 Å². The number of thioether (sulfide) groups is 1. The van der Waals surface area contributed by atoms with Crippen LogP contribution in [0.4, 0.5) is 10.1 Å². The molecule has 1 atom stereocenters. The van der Waals surface area contributed by atoms with Gasteiger partial charge in [-0.1, -0.05) is 41.4 Å². The van der Waals surface area contributed by atoms with E-state index in [1.807, 2.05) is 0 Å². The molecule has 9 heteroatoms. The van der Waals surface area contributed by atoms with Crippen LogP contribution in [0.3, 0.4) is 0 Å². The third-order valence-corrected chi connectivity index (χ3v) is 6.67. The standard InChI is InChI=1S/C24H22Cl2FN3O2S/c1-14-20(23(31)30-18-7-4-5-8-19(18)32-3)21(16-10-9-15(25)13-17(16)26)22(28-2)24(29-14)33-12-6-11-27/h4-5,7-10,13,21,29H,6,11-12H2,1,3H3,(H,30,31). The summed E-state index contributed by atoms with van der Waals surface area (Å²) in [5, 5.41) is 7.45. The van der Waals surface area contributed by atoms with Crippen molar-refractivity contribution in [3.05, 3.63) is 91.5 Å². The number of hydrogen-bond acceptors (Lipinski definition) is 4. The molecule has 5 nitrogen and oxygen atoms in total. The average Bonchev–Trinajstić information content (AvgIpc) is 2.79. The van der Waals surface area contributed by atoms with Crippen molar-refractivity contribution in [2.45, 2.75) is 19.3 Å². The van der Waals surface area contributed by atoms with Crippen LogP contribution in [-0.2, 0) is 4.79 Å². The number of halogens is 3. The number of benzene rings is 2. The van der Waals surface area contributed by atoms with Crippen LogP contribution in [0.2, 0.25) is 10.0 Å². The lowest BCUT2D eigenvalue weighted by molar-refractivity contribution is -0.113. The number of amides is 1. The molecule has 0 radical (unpaired) electrons. The lowest BCUT2D eigenvalue weighted by Gasteiger charge is -2.30. The third-order valence-electron chi connectivity index (χ3n) is 5.02. The second-order valence-corrected chi connectivity index (χ2v) is 9.08. The predicted molar refractivity (Wildman–Crippen MR) is 133 cm³/mol. The van der Waals surface area contributed by atoms with Gasteiger partial charge in [0.05, 0.1) is 37.0 Å². The van der Waals surface area contributed by atoms with E-state index in [4.69, 9.17) is 34.5 Å². The number of dihydropyridines is 1. The number of anilines is 1. The van der Waals surface area contributed by atoms with Crippen molar-refractivity contribution in [2.24, 2.45) is 0 Å². The maximum atomic E-state index is 13.5. The highest BCUT2D eigenvalue weighted by molar-refractivity contribution is 8.03. The highest BCUT2D eigenvalue weighted by atomic mass is 35.5. The van der Waals surface area contributed by atoms with Crippen molar-refractivity contribution in [1.82, 2.24) is 5.32 Å². The van der Waals surface area contributed by atoms with Crippen LogP contribution in [-0.4, -0.2) is 25.4 Å². The van der Waals surface area contributed by atoms with Gasteiger partial charge < -0.3 is 15.4 Å². The Morgan fingerprint density at radius 2 is 2.06 bits per heavy atom. The quantitative estimate of drug-likeness (QED) is 0.306. The van der Waals surface area contributed by atoms with Crippen molar-refractivity contribution < 1.29 is 13.9 Å². The van der Waals surface area contributed by atoms with Crippen LogP contribution < -0.4 is 15.4 Å². The van der Waals surface area contributed by atoms with Crippen molar-refractivity contribution in [3.63, 3.8) is 0 Å². The molecule has 0 aliphatic carbocycles. The summed E-state index contributed by atoms with van der Waals surface area (Å²) in [4.78, 5) is 17.3. The second kappa shape index (κ2) is 11.5. The van der Waals surface area contributed by atoms with Crippen LogP contribution in [0.15, 0.2) is 64.5 Å². The minimum Gasteiger partial charge on any atom is -0.495 e. The van der Waals surface area contributed by atoms with E-state index < -0.39 is 18.5 Å². The summed E-state index contributed by atoms with van der Waals surface area (Å²) < 4.78 is 18.0. The molecular formula is C24H22Cl2FN3O2S. The van der Waals surface area contributed by atoms with E-state index in [9.17, 15) is 9.18 Å². The Kier molecular flexibility index (Phi) is 8.67. The first-order valence-corrected chi connectivity index (χ1v) is 11.8. The number of carbonyl (C=O) groups is 1. The fourth-order valence-corrected chi connectivity index (χ4v) is 5.03. The van der Waals surface area contributed by atoms with Gasteiger partial charge in [0.1, 0.15) is 5.75 Å². The van der Waals surface area contributed by atoms with Crippen LogP contribution in [0.1, 0.15) is 24.8 Å². The van der Waals surface area contributed by atoms with Gasteiger partial charge in [0, 0.05) is 27.1 Å². The van der Waals surface area contributed by atoms with Gasteiger partial charge in [-0.15, -0.1) is 11.8 Å². The van der Waals surface area contributed by atoms with Gasteiger partial charge in [0.2, 0.25) is 5.70 Å². The Morgan fingerprint density at radius 3 is 2.73 bits per heavy atom. The maximum Gasteiger partial charge on any atom is 0.253 e. The summed E-state index contributed by atoms with van der Waals surface area (Å²) in [6.45, 7) is 9.20. The highest BCUT2D eigenvalue weighted by Gasteiger charge is 2.36. The van der Waals surface area contributed by atoms with Gasteiger partial charge >= 0.3 is 0 Å². The molecule has 0 fully saturated rings. The van der Waals surface area contributed by atoms with Gasteiger partial charge in [0.15, 0.2) is 0 Å². The molecule has 2 aromatic carbocycles. The van der Waals surface area contributed by atoms with Gasteiger partial charge in [-0.25, -0.2) is 4.85 Å². The Hall–Kier alpha value is -2.66. The number of alkyl halides is 1. The first kappa shape index (κ1) is 25.0. The first-order chi connectivity index (χ1) is 15.9. The van der Waals surface area contributed by atoms with Gasteiger partial charge in [-0.3, -0.25) is 9.18 Å². The fraction of sp³-hybridized carbons (Fsp3) is 0.250. The number of rotatable bonds is 8. The lowest BCUT2D eigenvalue weighted by Crippen LogP contribution is -2.30. The second-order valence-electron chi connectivity index (χ2n) is 7.13. The lowest BCUT2D eigenvalue weighted by atomic mass is 9.85. The van der Waals surface area contributed by atoms with E-state index in [0.717, 1.165) is 0 Å². The fourth-order valence-electron chi connectivity index (χ4n) is 3.52. The van der Waals surface area contributed by atoms with Crippen molar-refractivity contribution in [3.8, 4) is 5.75 Å². The molecule has 3 rings (SSSR count). The highest BCUT2D eigenvalue weighted by Crippen LogP contribution is 2.44. The Bertz CT molecular complexity index is 1160. The SMILES string of the molecule is [C-]#[N+]C1=C(SCCCF)NC(C)=C(C(=O)Nc2ccccc2OC)C1c1ccc(Cl)cc1Cl.